The predicted octanol–water partition coefficient (Wildman–Crippen LogP) is 2.30. The van der Waals surface area contributed by atoms with Crippen LogP contribution in [0, 0.1) is 5.82 Å². The van der Waals surface area contributed by atoms with E-state index in [0.29, 0.717) is 6.04 Å². The highest BCUT2D eigenvalue weighted by atomic mass is 19.1. The Labute approximate surface area is 105 Å². The minimum absolute atomic E-state index is 0.295. The number of pyridine rings is 1. The van der Waals surface area contributed by atoms with Crippen LogP contribution in [0.25, 0.3) is 0 Å². The van der Waals surface area contributed by atoms with Gasteiger partial charge in [0.2, 0.25) is 0 Å². The van der Waals surface area contributed by atoms with Crippen LogP contribution in [0.15, 0.2) is 30.7 Å². The van der Waals surface area contributed by atoms with E-state index in [4.69, 9.17) is 0 Å². The van der Waals surface area contributed by atoms with Crippen molar-refractivity contribution < 1.29 is 4.39 Å². The van der Waals surface area contributed by atoms with Crippen LogP contribution in [0.2, 0.25) is 0 Å². The Morgan fingerprint density at radius 1 is 1.33 bits per heavy atom. The second-order valence-corrected chi connectivity index (χ2v) is 4.63. The van der Waals surface area contributed by atoms with E-state index in [1.54, 1.807) is 6.07 Å². The largest absolute Gasteiger partial charge is 0.349 e. The molecule has 1 fully saturated rings. The summed E-state index contributed by atoms with van der Waals surface area (Å²) in [6, 6.07) is 3.50. The molecule has 0 aromatic carbocycles. The lowest BCUT2D eigenvalue weighted by atomic mass is 10.1. The van der Waals surface area contributed by atoms with Gasteiger partial charge in [0.25, 0.3) is 0 Å². The third kappa shape index (κ3) is 1.96. The second-order valence-electron chi connectivity index (χ2n) is 4.63. The van der Waals surface area contributed by atoms with Gasteiger partial charge in [0.05, 0.1) is 18.4 Å². The summed E-state index contributed by atoms with van der Waals surface area (Å²) in [5.41, 5.74) is 1.20. The molecule has 3 rings (SSSR count). The fraction of sp³-hybridized carbons (Fsp3) is 0.385. The summed E-state index contributed by atoms with van der Waals surface area (Å²) in [5, 5.41) is 4.21. The number of hydrogen-bond acceptors (Lipinski definition) is 3. The minimum Gasteiger partial charge on any atom is -0.349 e. The normalized spacial score (nSPS) is 19.4. The maximum Gasteiger partial charge on any atom is 0.141 e. The second kappa shape index (κ2) is 4.40. The molecule has 0 spiro atoms. The lowest BCUT2D eigenvalue weighted by Gasteiger charge is -2.24. The van der Waals surface area contributed by atoms with Crippen LogP contribution in [0.4, 0.5) is 10.2 Å². The monoisotopic (exact) mass is 246 g/mol. The SMILES string of the molecule is Cn1cc([C@H]2CCCN2c2ccc(F)cn2)cn1. The zero-order chi connectivity index (χ0) is 12.5. The standard InChI is InChI=1S/C13H15FN4/c1-17-9-10(7-16-17)12-3-2-6-18(12)13-5-4-11(14)8-15-13/h4-5,7-9,12H,2-3,6H2,1H3/t12-/m1/s1. The van der Waals surface area contributed by atoms with Gasteiger partial charge in [-0.15, -0.1) is 0 Å². The van der Waals surface area contributed by atoms with Gasteiger partial charge in [-0.25, -0.2) is 9.37 Å². The fourth-order valence-electron chi connectivity index (χ4n) is 2.54. The maximum absolute atomic E-state index is 12.9. The van der Waals surface area contributed by atoms with Crippen molar-refractivity contribution >= 4 is 5.82 Å². The number of nitrogens with zero attached hydrogens (tertiary/aromatic N) is 4. The summed E-state index contributed by atoms with van der Waals surface area (Å²) in [6.45, 7) is 0.957. The molecule has 0 radical (unpaired) electrons. The Morgan fingerprint density at radius 2 is 2.22 bits per heavy atom. The Bertz CT molecular complexity index is 534. The van der Waals surface area contributed by atoms with Gasteiger partial charge in [0.1, 0.15) is 11.6 Å². The first kappa shape index (κ1) is 11.2. The van der Waals surface area contributed by atoms with E-state index in [-0.39, 0.29) is 5.82 Å². The van der Waals surface area contributed by atoms with E-state index in [2.05, 4.69) is 15.0 Å². The highest BCUT2D eigenvalue weighted by molar-refractivity contribution is 5.43. The number of halogens is 1. The lowest BCUT2D eigenvalue weighted by molar-refractivity contribution is 0.619. The van der Waals surface area contributed by atoms with E-state index in [9.17, 15) is 4.39 Å². The van der Waals surface area contributed by atoms with Crippen molar-refractivity contribution in [2.75, 3.05) is 11.4 Å². The zero-order valence-electron chi connectivity index (χ0n) is 10.3. The van der Waals surface area contributed by atoms with Gasteiger partial charge in [-0.2, -0.15) is 5.10 Å². The van der Waals surface area contributed by atoms with Crippen molar-refractivity contribution in [2.45, 2.75) is 18.9 Å². The molecular formula is C13H15FN4. The van der Waals surface area contributed by atoms with Gasteiger partial charge >= 0.3 is 0 Å². The number of aryl methyl sites for hydroxylation is 1. The van der Waals surface area contributed by atoms with Crippen LogP contribution in [0.3, 0.4) is 0 Å². The summed E-state index contributed by atoms with van der Waals surface area (Å²) in [4.78, 5) is 6.39. The quantitative estimate of drug-likeness (QED) is 0.815. The van der Waals surface area contributed by atoms with Crippen LogP contribution in [0.5, 0.6) is 0 Å². The van der Waals surface area contributed by atoms with Gasteiger partial charge in [-0.05, 0) is 25.0 Å². The van der Waals surface area contributed by atoms with E-state index in [1.807, 2.05) is 24.1 Å². The molecule has 5 heteroatoms. The molecule has 4 nitrogen and oxygen atoms in total. The average Bonchev–Trinajstić information content (AvgIpc) is 2.98. The van der Waals surface area contributed by atoms with Crippen molar-refractivity contribution in [2.24, 2.45) is 7.05 Å². The van der Waals surface area contributed by atoms with Crippen molar-refractivity contribution in [1.82, 2.24) is 14.8 Å². The number of hydrogen-bond donors (Lipinski definition) is 0. The first-order chi connectivity index (χ1) is 8.74. The maximum atomic E-state index is 12.9. The molecule has 1 aliphatic heterocycles. The molecule has 1 atom stereocenters. The Morgan fingerprint density at radius 3 is 2.89 bits per heavy atom. The van der Waals surface area contributed by atoms with Gasteiger partial charge < -0.3 is 4.90 Å². The summed E-state index contributed by atoms with van der Waals surface area (Å²) < 4.78 is 14.7. The summed E-state index contributed by atoms with van der Waals surface area (Å²) in [6.07, 6.45) is 7.41. The van der Waals surface area contributed by atoms with Gasteiger partial charge in [-0.1, -0.05) is 0 Å². The van der Waals surface area contributed by atoms with Crippen molar-refractivity contribution in [3.05, 3.63) is 42.1 Å². The molecule has 0 aliphatic carbocycles. The van der Waals surface area contributed by atoms with E-state index >= 15 is 0 Å². The van der Waals surface area contributed by atoms with Crippen molar-refractivity contribution in [3.63, 3.8) is 0 Å². The molecule has 18 heavy (non-hydrogen) atoms. The van der Waals surface area contributed by atoms with E-state index in [1.165, 1.54) is 17.8 Å². The highest BCUT2D eigenvalue weighted by Crippen LogP contribution is 2.34. The average molecular weight is 246 g/mol. The molecule has 0 N–H and O–H groups in total. The molecule has 3 heterocycles. The third-order valence-electron chi connectivity index (χ3n) is 3.37. The van der Waals surface area contributed by atoms with Gasteiger partial charge in [0, 0.05) is 25.4 Å². The lowest BCUT2D eigenvalue weighted by Crippen LogP contribution is -2.23. The Hall–Kier alpha value is -1.91. The highest BCUT2D eigenvalue weighted by Gasteiger charge is 2.27. The fourth-order valence-corrected chi connectivity index (χ4v) is 2.54. The molecule has 0 amide bonds. The van der Waals surface area contributed by atoms with E-state index < -0.39 is 0 Å². The molecule has 2 aromatic heterocycles. The predicted molar refractivity (Wildman–Crippen MR) is 66.7 cm³/mol. The Kier molecular flexibility index (Phi) is 2.74. The molecule has 0 saturated carbocycles. The number of rotatable bonds is 2. The van der Waals surface area contributed by atoms with Crippen molar-refractivity contribution in [3.8, 4) is 0 Å². The molecule has 0 unspecified atom stereocenters. The van der Waals surface area contributed by atoms with Gasteiger partial charge in [0.15, 0.2) is 0 Å². The molecular weight excluding hydrogens is 231 g/mol. The molecule has 1 saturated heterocycles. The van der Waals surface area contributed by atoms with Crippen LogP contribution in [0.1, 0.15) is 24.4 Å². The third-order valence-corrected chi connectivity index (χ3v) is 3.37. The minimum atomic E-state index is -0.295. The van der Waals surface area contributed by atoms with Crippen LogP contribution >= 0.6 is 0 Å². The summed E-state index contributed by atoms with van der Waals surface area (Å²) >= 11 is 0. The topological polar surface area (TPSA) is 34.0 Å². The number of aromatic nitrogens is 3. The smallest absolute Gasteiger partial charge is 0.141 e. The Balaban J connectivity index is 1.89. The van der Waals surface area contributed by atoms with E-state index in [0.717, 1.165) is 25.2 Å². The first-order valence-corrected chi connectivity index (χ1v) is 6.11. The first-order valence-electron chi connectivity index (χ1n) is 6.11. The van der Waals surface area contributed by atoms with Crippen LogP contribution in [-0.4, -0.2) is 21.3 Å². The van der Waals surface area contributed by atoms with Crippen molar-refractivity contribution in [1.29, 1.82) is 0 Å². The van der Waals surface area contributed by atoms with Gasteiger partial charge in [-0.3, -0.25) is 4.68 Å². The van der Waals surface area contributed by atoms with Crippen LogP contribution in [-0.2, 0) is 7.05 Å². The summed E-state index contributed by atoms with van der Waals surface area (Å²) in [5.74, 6) is 0.540. The summed E-state index contributed by atoms with van der Waals surface area (Å²) in [7, 11) is 1.92. The molecule has 2 aromatic rings. The van der Waals surface area contributed by atoms with Crippen LogP contribution < -0.4 is 4.90 Å². The zero-order valence-corrected chi connectivity index (χ0v) is 10.3. The molecule has 0 bridgehead atoms. The molecule has 1 aliphatic rings. The molecule has 94 valence electrons. The number of anilines is 1.